The fourth-order valence-electron chi connectivity index (χ4n) is 3.77. The summed E-state index contributed by atoms with van der Waals surface area (Å²) in [6, 6.07) is 20.1. The summed E-state index contributed by atoms with van der Waals surface area (Å²) in [5.41, 5.74) is 3.39. The fourth-order valence-corrected chi connectivity index (χ4v) is 5.68. The fraction of sp³-hybridized carbons (Fsp3) is 0.375. The van der Waals surface area contributed by atoms with Crippen molar-refractivity contribution < 1.29 is 19.1 Å². The zero-order valence-corrected chi connectivity index (χ0v) is 25.3. The third kappa shape index (κ3) is 7.67. The first-order chi connectivity index (χ1) is 17.8. The Morgan fingerprint density at radius 2 is 0.921 bits per heavy atom. The largest absolute Gasteiger partial charge is 0.462 e. The van der Waals surface area contributed by atoms with Gasteiger partial charge in [-0.1, -0.05) is 89.3 Å². The minimum Gasteiger partial charge on any atom is -0.462 e. The number of rotatable bonds is 8. The van der Waals surface area contributed by atoms with Crippen LogP contribution in [0.15, 0.2) is 80.2 Å². The Morgan fingerprint density at radius 3 is 1.18 bits per heavy atom. The van der Waals surface area contributed by atoms with Crippen molar-refractivity contribution in [1.29, 1.82) is 0 Å². The van der Waals surface area contributed by atoms with Gasteiger partial charge in [-0.05, 0) is 72.2 Å². The average Bonchev–Trinajstić information content (AvgIpc) is 2.84. The minimum atomic E-state index is -0.415. The predicted molar refractivity (Wildman–Crippen MR) is 157 cm³/mol. The van der Waals surface area contributed by atoms with Gasteiger partial charge in [-0.25, -0.2) is 9.59 Å². The maximum absolute atomic E-state index is 13.0. The minimum absolute atomic E-state index is 0.0420. The van der Waals surface area contributed by atoms with Crippen LogP contribution in [-0.4, -0.2) is 25.2 Å². The molecule has 0 heterocycles. The van der Waals surface area contributed by atoms with Crippen LogP contribution < -0.4 is 0 Å². The van der Waals surface area contributed by atoms with Crippen LogP contribution >= 0.6 is 23.5 Å². The van der Waals surface area contributed by atoms with E-state index in [0.717, 1.165) is 9.79 Å². The number of ether oxygens (including phenoxy) is 2. The lowest BCUT2D eigenvalue weighted by molar-refractivity contribution is 0.0505. The molecule has 6 heteroatoms. The van der Waals surface area contributed by atoms with Gasteiger partial charge in [-0.15, -0.1) is 0 Å². The highest BCUT2D eigenvalue weighted by Crippen LogP contribution is 2.39. The zero-order chi connectivity index (χ0) is 28.1. The molecule has 0 radical (unpaired) electrons. The molecular formula is C32H38O4S2. The maximum Gasteiger partial charge on any atom is 0.339 e. The van der Waals surface area contributed by atoms with Crippen molar-refractivity contribution in [3.63, 3.8) is 0 Å². The highest BCUT2D eigenvalue weighted by molar-refractivity contribution is 8.00. The highest BCUT2D eigenvalue weighted by Gasteiger charge is 2.23. The molecular weight excluding hydrogens is 512 g/mol. The van der Waals surface area contributed by atoms with Crippen molar-refractivity contribution in [2.24, 2.45) is 0 Å². The van der Waals surface area contributed by atoms with Gasteiger partial charge in [0.1, 0.15) is 0 Å². The van der Waals surface area contributed by atoms with Gasteiger partial charge in [0.15, 0.2) is 0 Å². The molecule has 0 saturated carbocycles. The second-order valence-corrected chi connectivity index (χ2v) is 13.3. The molecule has 0 aromatic heterocycles. The Balaban J connectivity index is 2.07. The second-order valence-electron chi connectivity index (χ2n) is 11.0. The van der Waals surface area contributed by atoms with Crippen LogP contribution in [0.2, 0.25) is 0 Å². The normalized spacial score (nSPS) is 11.8. The Morgan fingerprint density at radius 1 is 0.605 bits per heavy atom. The molecule has 3 aromatic rings. The van der Waals surface area contributed by atoms with E-state index in [1.54, 1.807) is 26.0 Å². The van der Waals surface area contributed by atoms with Gasteiger partial charge in [0.05, 0.1) is 24.3 Å². The average molecular weight is 551 g/mol. The molecule has 0 fully saturated rings. The Kier molecular flexibility index (Phi) is 9.77. The smallest absolute Gasteiger partial charge is 0.339 e. The van der Waals surface area contributed by atoms with Crippen LogP contribution in [0.25, 0.3) is 0 Å². The van der Waals surface area contributed by atoms with E-state index in [2.05, 4.69) is 65.8 Å². The molecule has 0 amide bonds. The van der Waals surface area contributed by atoms with Crippen LogP contribution in [0.1, 0.15) is 87.2 Å². The molecule has 0 N–H and O–H groups in total. The first kappa shape index (κ1) is 29.9. The van der Waals surface area contributed by atoms with Crippen molar-refractivity contribution in [3.8, 4) is 0 Å². The van der Waals surface area contributed by atoms with E-state index in [0.29, 0.717) is 20.9 Å². The first-order valence-corrected chi connectivity index (χ1v) is 14.6. The Bertz CT molecular complexity index is 1160. The molecule has 0 aliphatic heterocycles. The summed E-state index contributed by atoms with van der Waals surface area (Å²) in [6.07, 6.45) is 0. The van der Waals surface area contributed by atoms with E-state index < -0.39 is 11.9 Å². The second kappa shape index (κ2) is 12.4. The molecule has 3 rings (SSSR count). The summed E-state index contributed by atoms with van der Waals surface area (Å²) in [5.74, 6) is -0.830. The van der Waals surface area contributed by atoms with Crippen LogP contribution in [0.3, 0.4) is 0 Å². The number of esters is 2. The van der Waals surface area contributed by atoms with Gasteiger partial charge >= 0.3 is 11.9 Å². The molecule has 0 aliphatic rings. The van der Waals surface area contributed by atoms with Gasteiger partial charge in [0.2, 0.25) is 0 Å². The zero-order valence-electron chi connectivity index (χ0n) is 23.6. The van der Waals surface area contributed by atoms with Gasteiger partial charge in [0, 0.05) is 19.6 Å². The summed E-state index contributed by atoms with van der Waals surface area (Å²) in [4.78, 5) is 29.3. The predicted octanol–water partition coefficient (Wildman–Crippen LogP) is 8.94. The van der Waals surface area contributed by atoms with Crippen LogP contribution in [0.5, 0.6) is 0 Å². The molecule has 38 heavy (non-hydrogen) atoms. The SMILES string of the molecule is CCOC(=O)c1cc(Sc2ccc(C(C)(C)C)cc2)c(C(=O)OCC)cc1Sc1ccc(C(C)(C)C)cc1. The van der Waals surface area contributed by atoms with Crippen molar-refractivity contribution in [3.05, 3.63) is 82.9 Å². The molecule has 3 aromatic carbocycles. The lowest BCUT2D eigenvalue weighted by Gasteiger charge is -2.20. The number of hydrogen-bond acceptors (Lipinski definition) is 6. The summed E-state index contributed by atoms with van der Waals surface area (Å²) in [5, 5.41) is 0. The topological polar surface area (TPSA) is 52.6 Å². The van der Waals surface area contributed by atoms with E-state index in [4.69, 9.17) is 9.47 Å². The van der Waals surface area contributed by atoms with E-state index in [-0.39, 0.29) is 24.0 Å². The molecule has 202 valence electrons. The maximum atomic E-state index is 13.0. The lowest BCUT2D eigenvalue weighted by atomic mass is 9.87. The van der Waals surface area contributed by atoms with Gasteiger partial charge < -0.3 is 9.47 Å². The summed E-state index contributed by atoms with van der Waals surface area (Å²) < 4.78 is 10.8. The van der Waals surface area contributed by atoms with Crippen molar-refractivity contribution in [2.75, 3.05) is 13.2 Å². The summed E-state index contributed by atoms with van der Waals surface area (Å²) >= 11 is 2.88. The van der Waals surface area contributed by atoms with Crippen molar-refractivity contribution >= 4 is 35.5 Å². The molecule has 0 atom stereocenters. The number of carbonyl (C=O) groups is 2. The van der Waals surface area contributed by atoms with Gasteiger partial charge in [0.25, 0.3) is 0 Å². The molecule has 0 unspecified atom stereocenters. The Labute approximate surface area is 235 Å². The van der Waals surface area contributed by atoms with Gasteiger partial charge in [-0.2, -0.15) is 0 Å². The number of benzene rings is 3. The van der Waals surface area contributed by atoms with E-state index >= 15 is 0 Å². The number of hydrogen-bond donors (Lipinski definition) is 0. The van der Waals surface area contributed by atoms with Crippen molar-refractivity contribution in [2.45, 2.75) is 85.8 Å². The third-order valence-electron chi connectivity index (χ3n) is 5.97. The summed E-state index contributed by atoms with van der Waals surface area (Å²) in [6.45, 7) is 17.1. The molecule has 0 bridgehead atoms. The lowest BCUT2D eigenvalue weighted by Crippen LogP contribution is -2.11. The highest BCUT2D eigenvalue weighted by atomic mass is 32.2. The van der Waals surface area contributed by atoms with Crippen LogP contribution in [0.4, 0.5) is 0 Å². The van der Waals surface area contributed by atoms with Crippen LogP contribution in [0, 0.1) is 0 Å². The van der Waals surface area contributed by atoms with Gasteiger partial charge in [-0.3, -0.25) is 0 Å². The van der Waals surface area contributed by atoms with E-state index in [1.165, 1.54) is 34.7 Å². The molecule has 0 aliphatic carbocycles. The summed E-state index contributed by atoms with van der Waals surface area (Å²) in [7, 11) is 0. The van der Waals surface area contributed by atoms with E-state index in [9.17, 15) is 9.59 Å². The Hall–Kier alpha value is -2.70. The third-order valence-corrected chi connectivity index (χ3v) is 8.10. The quantitative estimate of drug-likeness (QED) is 0.261. The molecule has 0 spiro atoms. The molecule has 4 nitrogen and oxygen atoms in total. The monoisotopic (exact) mass is 550 g/mol. The van der Waals surface area contributed by atoms with Crippen molar-refractivity contribution in [1.82, 2.24) is 0 Å². The van der Waals surface area contributed by atoms with Crippen LogP contribution in [-0.2, 0) is 20.3 Å². The number of carbonyl (C=O) groups excluding carboxylic acids is 2. The first-order valence-electron chi connectivity index (χ1n) is 12.9. The standard InChI is InChI=1S/C32H38O4S2/c1-9-35-29(33)25-19-28(38-24-17-13-22(14-18-24)32(6,7)8)26(30(34)36-10-2)20-27(25)37-23-15-11-21(12-16-23)31(3,4)5/h11-20H,9-10H2,1-8H3. The molecule has 0 saturated heterocycles. The van der Waals surface area contributed by atoms with E-state index in [1.807, 2.05) is 24.3 Å².